The highest BCUT2D eigenvalue weighted by molar-refractivity contribution is 5.85. The van der Waals surface area contributed by atoms with Gasteiger partial charge in [-0.1, -0.05) is 0 Å². The molecule has 84 valence electrons. The van der Waals surface area contributed by atoms with E-state index in [1.807, 2.05) is 12.1 Å². The SMILES string of the molecule is CC(=O)CN1CC(c2ccncc2)NC1=O. The van der Waals surface area contributed by atoms with Crippen LogP contribution in [0.1, 0.15) is 18.5 Å². The Balaban J connectivity index is 2.07. The van der Waals surface area contributed by atoms with Crippen LogP contribution in [0.2, 0.25) is 0 Å². The van der Waals surface area contributed by atoms with Crippen molar-refractivity contribution in [1.82, 2.24) is 15.2 Å². The minimum Gasteiger partial charge on any atom is -0.329 e. The van der Waals surface area contributed by atoms with E-state index >= 15 is 0 Å². The van der Waals surface area contributed by atoms with Crippen LogP contribution in [0, 0.1) is 0 Å². The molecule has 0 aromatic carbocycles. The summed E-state index contributed by atoms with van der Waals surface area (Å²) in [7, 11) is 0. The van der Waals surface area contributed by atoms with Crippen LogP contribution in [0.3, 0.4) is 0 Å². The topological polar surface area (TPSA) is 62.3 Å². The molecule has 1 saturated heterocycles. The van der Waals surface area contributed by atoms with Crippen LogP contribution < -0.4 is 5.32 Å². The van der Waals surface area contributed by atoms with Gasteiger partial charge >= 0.3 is 6.03 Å². The Morgan fingerprint density at radius 2 is 2.25 bits per heavy atom. The van der Waals surface area contributed by atoms with E-state index in [0.717, 1.165) is 5.56 Å². The summed E-state index contributed by atoms with van der Waals surface area (Å²) in [6, 6.07) is 3.50. The summed E-state index contributed by atoms with van der Waals surface area (Å²) in [5.74, 6) is -0.00877. The molecule has 1 aromatic rings. The fourth-order valence-corrected chi connectivity index (χ4v) is 1.78. The van der Waals surface area contributed by atoms with Crippen molar-refractivity contribution in [3.05, 3.63) is 30.1 Å². The molecule has 2 amide bonds. The third-order valence-electron chi connectivity index (χ3n) is 2.51. The first kappa shape index (κ1) is 10.6. The summed E-state index contributed by atoms with van der Waals surface area (Å²) >= 11 is 0. The number of urea groups is 1. The van der Waals surface area contributed by atoms with E-state index in [4.69, 9.17) is 0 Å². The zero-order valence-electron chi connectivity index (χ0n) is 9.01. The number of carbonyl (C=O) groups is 2. The van der Waals surface area contributed by atoms with E-state index in [1.165, 1.54) is 11.8 Å². The lowest BCUT2D eigenvalue weighted by atomic mass is 10.1. The second kappa shape index (κ2) is 4.30. The normalized spacial score (nSPS) is 19.7. The molecule has 1 unspecified atom stereocenters. The van der Waals surface area contributed by atoms with Gasteiger partial charge in [0.2, 0.25) is 0 Å². The number of nitrogens with one attached hydrogen (secondary N) is 1. The van der Waals surface area contributed by atoms with Gasteiger partial charge in [-0.15, -0.1) is 0 Å². The van der Waals surface area contributed by atoms with Crippen molar-refractivity contribution in [2.45, 2.75) is 13.0 Å². The Bertz CT molecular complexity index is 405. The number of carbonyl (C=O) groups excluding carboxylic acids is 2. The lowest BCUT2D eigenvalue weighted by molar-refractivity contribution is -0.117. The molecule has 5 nitrogen and oxygen atoms in total. The Kier molecular flexibility index (Phi) is 2.85. The van der Waals surface area contributed by atoms with Gasteiger partial charge in [-0.3, -0.25) is 9.78 Å². The predicted octanol–water partition coefficient (Wildman–Crippen LogP) is 0.737. The number of ketones is 1. The maximum Gasteiger partial charge on any atom is 0.318 e. The highest BCUT2D eigenvalue weighted by Gasteiger charge is 2.29. The van der Waals surface area contributed by atoms with Crippen LogP contribution in [0.15, 0.2) is 24.5 Å². The number of nitrogens with zero attached hydrogens (tertiary/aromatic N) is 2. The molecule has 1 fully saturated rings. The van der Waals surface area contributed by atoms with Gasteiger partial charge in [0.05, 0.1) is 12.6 Å². The van der Waals surface area contributed by atoms with Crippen molar-refractivity contribution < 1.29 is 9.59 Å². The molecule has 0 spiro atoms. The molecule has 2 rings (SSSR count). The Morgan fingerprint density at radius 3 is 2.88 bits per heavy atom. The van der Waals surface area contributed by atoms with E-state index in [0.29, 0.717) is 6.54 Å². The molecule has 0 saturated carbocycles. The summed E-state index contributed by atoms with van der Waals surface area (Å²) in [5, 5.41) is 2.83. The molecule has 5 heteroatoms. The van der Waals surface area contributed by atoms with Crippen molar-refractivity contribution >= 4 is 11.8 Å². The zero-order chi connectivity index (χ0) is 11.5. The summed E-state index contributed by atoms with van der Waals surface area (Å²) in [5.41, 5.74) is 1.01. The largest absolute Gasteiger partial charge is 0.329 e. The summed E-state index contributed by atoms with van der Waals surface area (Å²) in [6.07, 6.45) is 3.38. The van der Waals surface area contributed by atoms with Gasteiger partial charge in [-0.05, 0) is 24.6 Å². The van der Waals surface area contributed by atoms with Crippen molar-refractivity contribution in [2.24, 2.45) is 0 Å². The lowest BCUT2D eigenvalue weighted by Crippen LogP contribution is -2.32. The molecule has 1 aliphatic heterocycles. The molecule has 1 aliphatic rings. The van der Waals surface area contributed by atoms with E-state index in [9.17, 15) is 9.59 Å². The number of rotatable bonds is 3. The molecule has 2 heterocycles. The van der Waals surface area contributed by atoms with E-state index in [1.54, 1.807) is 12.4 Å². The first-order valence-electron chi connectivity index (χ1n) is 5.11. The number of hydrogen-bond donors (Lipinski definition) is 1. The molecular formula is C11H13N3O2. The first-order chi connectivity index (χ1) is 7.66. The van der Waals surface area contributed by atoms with Gasteiger partial charge in [-0.2, -0.15) is 0 Å². The standard InChI is InChI=1S/C11H13N3O2/c1-8(15)6-14-7-10(13-11(14)16)9-2-4-12-5-3-9/h2-5,10H,6-7H2,1H3,(H,13,16). The fraction of sp³-hybridized carbons (Fsp3) is 0.364. The average Bonchev–Trinajstić information content (AvgIpc) is 2.61. The second-order valence-electron chi connectivity index (χ2n) is 3.87. The molecule has 1 N–H and O–H groups in total. The van der Waals surface area contributed by atoms with Crippen molar-refractivity contribution in [3.8, 4) is 0 Å². The van der Waals surface area contributed by atoms with Gasteiger partial charge in [0.15, 0.2) is 0 Å². The van der Waals surface area contributed by atoms with Gasteiger partial charge in [0.25, 0.3) is 0 Å². The Hall–Kier alpha value is -1.91. The minimum absolute atomic E-state index is 0.00877. The summed E-state index contributed by atoms with van der Waals surface area (Å²) in [4.78, 5) is 27.9. The van der Waals surface area contributed by atoms with E-state index in [-0.39, 0.29) is 24.4 Å². The summed E-state index contributed by atoms with van der Waals surface area (Å²) < 4.78 is 0. The number of hydrogen-bond acceptors (Lipinski definition) is 3. The maximum atomic E-state index is 11.5. The van der Waals surface area contributed by atoms with Crippen molar-refractivity contribution in [3.63, 3.8) is 0 Å². The van der Waals surface area contributed by atoms with Crippen LogP contribution in [-0.2, 0) is 4.79 Å². The third-order valence-corrected chi connectivity index (χ3v) is 2.51. The quantitative estimate of drug-likeness (QED) is 0.815. The predicted molar refractivity (Wildman–Crippen MR) is 57.8 cm³/mol. The second-order valence-corrected chi connectivity index (χ2v) is 3.87. The Morgan fingerprint density at radius 1 is 1.56 bits per heavy atom. The number of aromatic nitrogens is 1. The Labute approximate surface area is 93.5 Å². The van der Waals surface area contributed by atoms with Gasteiger partial charge in [0, 0.05) is 18.9 Å². The average molecular weight is 219 g/mol. The molecule has 0 aliphatic carbocycles. The smallest absolute Gasteiger partial charge is 0.318 e. The van der Waals surface area contributed by atoms with Gasteiger partial charge in [0.1, 0.15) is 5.78 Å². The van der Waals surface area contributed by atoms with Crippen LogP contribution in [0.5, 0.6) is 0 Å². The molecule has 1 atom stereocenters. The fourth-order valence-electron chi connectivity index (χ4n) is 1.78. The van der Waals surface area contributed by atoms with E-state index < -0.39 is 0 Å². The van der Waals surface area contributed by atoms with Crippen LogP contribution in [0.4, 0.5) is 4.79 Å². The molecule has 1 aromatic heterocycles. The number of pyridine rings is 1. The lowest BCUT2D eigenvalue weighted by Gasteiger charge is -2.12. The van der Waals surface area contributed by atoms with E-state index in [2.05, 4.69) is 10.3 Å². The molecule has 16 heavy (non-hydrogen) atoms. The maximum absolute atomic E-state index is 11.5. The minimum atomic E-state index is -0.183. The third kappa shape index (κ3) is 2.18. The number of Topliss-reactive ketones (excluding diaryl/α,β-unsaturated/α-hetero) is 1. The molecule has 0 radical (unpaired) electrons. The van der Waals surface area contributed by atoms with Crippen molar-refractivity contribution in [2.75, 3.05) is 13.1 Å². The highest BCUT2D eigenvalue weighted by Crippen LogP contribution is 2.18. The van der Waals surface area contributed by atoms with Crippen LogP contribution in [-0.4, -0.2) is 34.8 Å². The van der Waals surface area contributed by atoms with Gasteiger partial charge < -0.3 is 10.2 Å². The highest BCUT2D eigenvalue weighted by atomic mass is 16.2. The van der Waals surface area contributed by atoms with Crippen LogP contribution in [0.25, 0.3) is 0 Å². The molecular weight excluding hydrogens is 206 g/mol. The van der Waals surface area contributed by atoms with Crippen molar-refractivity contribution in [1.29, 1.82) is 0 Å². The zero-order valence-corrected chi connectivity index (χ0v) is 9.01. The summed E-state index contributed by atoms with van der Waals surface area (Å²) in [6.45, 7) is 2.18. The first-order valence-corrected chi connectivity index (χ1v) is 5.11. The monoisotopic (exact) mass is 219 g/mol. The van der Waals surface area contributed by atoms with Crippen LogP contribution >= 0.6 is 0 Å². The number of amides is 2. The van der Waals surface area contributed by atoms with Gasteiger partial charge in [-0.25, -0.2) is 4.79 Å². The molecule has 0 bridgehead atoms.